The van der Waals surface area contributed by atoms with Crippen molar-refractivity contribution in [2.75, 3.05) is 0 Å². The fraction of sp³-hybridized carbons (Fsp3) is 0.150. The van der Waals surface area contributed by atoms with Gasteiger partial charge in [0.25, 0.3) is 0 Å². The van der Waals surface area contributed by atoms with Crippen LogP contribution in [0.15, 0.2) is 42.6 Å². The van der Waals surface area contributed by atoms with Gasteiger partial charge in [0.15, 0.2) is 5.75 Å². The molecule has 0 unspecified atom stereocenters. The number of nitrogens with zero attached hydrogens (tertiary/aromatic N) is 1. The number of halogens is 9. The lowest BCUT2D eigenvalue weighted by atomic mass is 10.1. The summed E-state index contributed by atoms with van der Waals surface area (Å²) in [5.74, 6) is -6.59. The van der Waals surface area contributed by atoms with Gasteiger partial charge in [0.2, 0.25) is 0 Å². The molecule has 3 aromatic rings. The van der Waals surface area contributed by atoms with Crippen molar-refractivity contribution in [2.24, 2.45) is 0 Å². The lowest BCUT2D eigenvalue weighted by Crippen LogP contribution is -2.11. The van der Waals surface area contributed by atoms with E-state index in [0.29, 0.717) is 11.3 Å². The molecule has 0 aliphatic heterocycles. The Morgan fingerprint density at radius 2 is 1.42 bits per heavy atom. The highest BCUT2D eigenvalue weighted by atomic mass is 19.4. The van der Waals surface area contributed by atoms with Gasteiger partial charge in [-0.25, -0.2) is 22.0 Å². The molecule has 3 rings (SSSR count). The maximum atomic E-state index is 13.4. The van der Waals surface area contributed by atoms with E-state index in [-0.39, 0.29) is 12.1 Å². The van der Waals surface area contributed by atoms with Crippen LogP contribution < -0.4 is 4.94 Å². The highest BCUT2D eigenvalue weighted by Gasteiger charge is 2.38. The van der Waals surface area contributed by atoms with Gasteiger partial charge in [-0.15, -0.1) is 0 Å². The third-order valence-corrected chi connectivity index (χ3v) is 3.87. The van der Waals surface area contributed by atoms with Crippen molar-refractivity contribution in [1.29, 1.82) is 0 Å². The molecule has 0 saturated carbocycles. The summed E-state index contributed by atoms with van der Waals surface area (Å²) in [6.07, 6.45) is -3.56. The third kappa shape index (κ3) is 5.89. The van der Waals surface area contributed by atoms with E-state index < -0.39 is 53.0 Å². The fourth-order valence-corrected chi connectivity index (χ4v) is 2.38. The molecule has 2 aromatic carbocycles. The predicted octanol–water partition coefficient (Wildman–Crippen LogP) is 7.05. The Morgan fingerprint density at radius 3 is 1.81 bits per heavy atom. The maximum absolute atomic E-state index is 13.4. The second-order valence-corrected chi connectivity index (χ2v) is 6.11. The molecular weight excluding hydrogens is 441 g/mol. The summed E-state index contributed by atoms with van der Waals surface area (Å²) in [6, 6.07) is 5.85. The molecule has 0 amide bonds. The summed E-state index contributed by atoms with van der Waals surface area (Å²) in [5, 5.41) is 0. The average molecular weight is 453 g/mol. The van der Waals surface area contributed by atoms with Crippen LogP contribution in [0.4, 0.5) is 39.6 Å². The van der Waals surface area contributed by atoms with Crippen LogP contribution >= 0.6 is 0 Å². The molecule has 0 aliphatic carbocycles. The van der Waals surface area contributed by atoms with E-state index in [2.05, 4.69) is 9.93 Å². The van der Waals surface area contributed by atoms with E-state index in [1.807, 2.05) is 6.92 Å². The Hall–Kier alpha value is -3.24. The molecule has 1 aromatic heterocycles. The monoisotopic (exact) mass is 453 g/mol. The van der Waals surface area contributed by atoms with Crippen molar-refractivity contribution in [3.8, 4) is 17.0 Å². The molecule has 0 radical (unpaired) electrons. The summed E-state index contributed by atoms with van der Waals surface area (Å²) in [4.78, 5) is 6.96. The number of aromatic nitrogens is 1. The largest absolute Gasteiger partial charge is 0.422 e. The summed E-state index contributed by atoms with van der Waals surface area (Å²) < 4.78 is 111. The van der Waals surface area contributed by atoms with E-state index in [1.54, 1.807) is 18.3 Å². The fourth-order valence-electron chi connectivity index (χ4n) is 2.38. The van der Waals surface area contributed by atoms with Crippen LogP contribution in [0.5, 0.6) is 5.75 Å². The molecule has 0 bridgehead atoms. The number of benzene rings is 2. The summed E-state index contributed by atoms with van der Waals surface area (Å²) in [5.41, 5.74) is -0.898. The third-order valence-electron chi connectivity index (χ3n) is 3.87. The zero-order valence-corrected chi connectivity index (χ0v) is 15.5. The molecular formula is C20H12F9NO. The second-order valence-electron chi connectivity index (χ2n) is 6.11. The van der Waals surface area contributed by atoms with Gasteiger partial charge < -0.3 is 0 Å². The maximum Gasteiger partial charge on any atom is 0.422 e. The van der Waals surface area contributed by atoms with E-state index in [1.165, 1.54) is 0 Å². The van der Waals surface area contributed by atoms with Crippen molar-refractivity contribution in [2.45, 2.75) is 19.8 Å². The van der Waals surface area contributed by atoms with Gasteiger partial charge in [-0.3, -0.25) is 9.93 Å². The Kier molecular flexibility index (Phi) is 7.53. The lowest BCUT2D eigenvalue weighted by molar-refractivity contribution is -0.142. The minimum atomic E-state index is -5.16. The zero-order valence-electron chi connectivity index (χ0n) is 15.5. The lowest BCUT2D eigenvalue weighted by Gasteiger charge is -2.09. The second kappa shape index (κ2) is 9.71. The zero-order chi connectivity index (χ0) is 23.3. The molecule has 2 nitrogen and oxygen atoms in total. The van der Waals surface area contributed by atoms with Crippen molar-refractivity contribution in [1.82, 2.24) is 4.98 Å². The first kappa shape index (κ1) is 24.0. The molecule has 0 N–H and O–H groups in total. The van der Waals surface area contributed by atoms with Crippen LogP contribution in [-0.2, 0) is 12.9 Å². The number of pyridine rings is 1. The van der Waals surface area contributed by atoms with Crippen molar-refractivity contribution in [3.63, 3.8) is 0 Å². The first-order chi connectivity index (χ1) is 14.5. The average Bonchev–Trinajstić information content (AvgIpc) is 2.67. The first-order valence-corrected chi connectivity index (χ1v) is 8.29. The van der Waals surface area contributed by atoms with Gasteiger partial charge in [0.1, 0.15) is 35.5 Å². The summed E-state index contributed by atoms with van der Waals surface area (Å²) in [7, 11) is 0. The molecule has 0 atom stereocenters. The Morgan fingerprint density at radius 1 is 0.871 bits per heavy atom. The van der Waals surface area contributed by atoms with E-state index in [4.69, 9.17) is 0 Å². The topological polar surface area (TPSA) is 22.1 Å². The summed E-state index contributed by atoms with van der Waals surface area (Å²) >= 11 is 0. The van der Waals surface area contributed by atoms with Crippen LogP contribution in [0, 0.1) is 30.2 Å². The van der Waals surface area contributed by atoms with Crippen molar-refractivity contribution < 1.29 is 44.6 Å². The standard InChI is InChI=1S/C13H10F3N.C7H2F6O/c1-8-2-3-13(17-7-8)9-4-11(15)10(6-14)12(16)5-9;8-4-1-3(14-13)2-5(9)6(4)7(10,11)12/h2-5,7H,6H2,1H3;1-2H. The molecule has 0 aliphatic rings. The molecule has 0 fully saturated rings. The number of hydrogen-bond acceptors (Lipinski definition) is 2. The van der Waals surface area contributed by atoms with E-state index in [0.717, 1.165) is 17.7 Å². The van der Waals surface area contributed by atoms with Gasteiger partial charge in [0.05, 0.1) is 11.3 Å². The van der Waals surface area contributed by atoms with Gasteiger partial charge >= 0.3 is 6.18 Å². The van der Waals surface area contributed by atoms with Gasteiger partial charge in [-0.05, 0) is 30.7 Å². The quantitative estimate of drug-likeness (QED) is 0.397. The SMILES string of the molecule is Cc1ccc(-c2cc(F)c(CF)c(F)c2)nc1.FOc1cc(F)c(C(F)(F)F)c(F)c1. The number of aryl methyl sites for hydroxylation is 1. The number of hydrogen-bond donors (Lipinski definition) is 0. The van der Waals surface area contributed by atoms with E-state index >= 15 is 0 Å². The Balaban J connectivity index is 0.000000225. The molecule has 166 valence electrons. The van der Waals surface area contributed by atoms with Crippen LogP contribution in [-0.4, -0.2) is 4.98 Å². The molecule has 0 saturated heterocycles. The minimum absolute atomic E-state index is 0.103. The van der Waals surface area contributed by atoms with Crippen LogP contribution in [0.25, 0.3) is 11.3 Å². The molecule has 31 heavy (non-hydrogen) atoms. The van der Waals surface area contributed by atoms with Gasteiger partial charge in [0, 0.05) is 28.4 Å². The van der Waals surface area contributed by atoms with Gasteiger partial charge in [-0.2, -0.15) is 13.2 Å². The van der Waals surface area contributed by atoms with Gasteiger partial charge in [-0.1, -0.05) is 6.07 Å². The minimum Gasteiger partial charge on any atom is -0.294 e. The molecule has 1 heterocycles. The summed E-state index contributed by atoms with van der Waals surface area (Å²) in [6.45, 7) is 0.712. The normalized spacial score (nSPS) is 11.0. The highest BCUT2D eigenvalue weighted by molar-refractivity contribution is 5.60. The molecule has 11 heteroatoms. The van der Waals surface area contributed by atoms with Crippen molar-refractivity contribution in [3.05, 3.63) is 82.6 Å². The highest BCUT2D eigenvalue weighted by Crippen LogP contribution is 2.35. The van der Waals surface area contributed by atoms with Crippen LogP contribution in [0.2, 0.25) is 0 Å². The predicted molar refractivity (Wildman–Crippen MR) is 92.2 cm³/mol. The smallest absolute Gasteiger partial charge is 0.294 e. The van der Waals surface area contributed by atoms with Crippen molar-refractivity contribution >= 4 is 0 Å². The Labute approximate surface area is 169 Å². The van der Waals surface area contributed by atoms with Crippen LogP contribution in [0.3, 0.4) is 0 Å². The first-order valence-electron chi connectivity index (χ1n) is 8.29. The number of rotatable bonds is 3. The molecule has 0 spiro atoms. The Bertz CT molecular complexity index is 1000. The van der Waals surface area contributed by atoms with Crippen LogP contribution in [0.1, 0.15) is 16.7 Å². The van der Waals surface area contributed by atoms with E-state index in [9.17, 15) is 39.6 Å². The number of alkyl halides is 4.